The van der Waals surface area contributed by atoms with Gasteiger partial charge in [-0.1, -0.05) is 24.3 Å². The molecular weight excluding hydrogens is 354 g/mol. The number of benzene rings is 2. The number of para-hydroxylation sites is 1. The van der Waals surface area contributed by atoms with Gasteiger partial charge in [0.05, 0.1) is 22.8 Å². The van der Waals surface area contributed by atoms with Gasteiger partial charge in [0.25, 0.3) is 0 Å². The number of amides is 2. The summed E-state index contributed by atoms with van der Waals surface area (Å²) in [5.41, 5.74) is 3.21. The van der Waals surface area contributed by atoms with E-state index in [0.717, 1.165) is 11.4 Å². The molecule has 3 aromatic rings. The average molecular weight is 372 g/mol. The van der Waals surface area contributed by atoms with E-state index in [1.165, 1.54) is 18.2 Å². The van der Waals surface area contributed by atoms with Gasteiger partial charge in [-0.25, -0.2) is 9.48 Å². The van der Waals surface area contributed by atoms with E-state index in [0.29, 0.717) is 17.1 Å². The van der Waals surface area contributed by atoms with E-state index in [2.05, 4.69) is 20.5 Å². The highest BCUT2D eigenvalue weighted by atomic mass is 19.3. The lowest BCUT2D eigenvalue weighted by atomic mass is 10.3. The standard InChI is InChI=1S/C19H18F2N4O2/c1-12-17(13(2)25(24-12)15-8-4-3-5-9-15)23-19(26)22-14-7-6-10-16(11-14)27-18(20)21/h3-11,18H,1-2H3,(H2,22,23,26). The number of aryl methyl sites for hydroxylation is 1. The van der Waals surface area contributed by atoms with E-state index >= 15 is 0 Å². The van der Waals surface area contributed by atoms with Crippen LogP contribution in [0.5, 0.6) is 5.75 Å². The average Bonchev–Trinajstić information content (AvgIpc) is 2.90. The Morgan fingerprint density at radius 1 is 1.07 bits per heavy atom. The summed E-state index contributed by atoms with van der Waals surface area (Å²) in [5, 5.41) is 9.81. The van der Waals surface area contributed by atoms with E-state index in [1.54, 1.807) is 17.7 Å². The molecule has 0 spiro atoms. The van der Waals surface area contributed by atoms with E-state index in [9.17, 15) is 13.6 Å². The maximum atomic E-state index is 12.3. The highest BCUT2D eigenvalue weighted by molar-refractivity contribution is 6.00. The molecule has 6 nitrogen and oxygen atoms in total. The van der Waals surface area contributed by atoms with Gasteiger partial charge in [-0.3, -0.25) is 0 Å². The van der Waals surface area contributed by atoms with Crippen molar-refractivity contribution in [2.45, 2.75) is 20.5 Å². The number of ether oxygens (including phenoxy) is 1. The Bertz CT molecular complexity index is 942. The molecular formula is C19H18F2N4O2. The zero-order valence-corrected chi connectivity index (χ0v) is 14.7. The van der Waals surface area contributed by atoms with Crippen LogP contribution in [0.2, 0.25) is 0 Å². The number of carbonyl (C=O) groups is 1. The minimum Gasteiger partial charge on any atom is -0.435 e. The van der Waals surface area contributed by atoms with Gasteiger partial charge in [0.15, 0.2) is 0 Å². The second kappa shape index (κ2) is 7.86. The van der Waals surface area contributed by atoms with Crippen molar-refractivity contribution in [2.75, 3.05) is 10.6 Å². The van der Waals surface area contributed by atoms with Crippen molar-refractivity contribution in [3.05, 3.63) is 66.0 Å². The van der Waals surface area contributed by atoms with Crippen LogP contribution in [0.3, 0.4) is 0 Å². The predicted molar refractivity (Wildman–Crippen MR) is 98.8 cm³/mol. The van der Waals surface area contributed by atoms with Crippen LogP contribution in [0.4, 0.5) is 25.0 Å². The third kappa shape index (κ3) is 4.41. The second-order valence-corrected chi connectivity index (χ2v) is 5.78. The number of anilines is 2. The molecule has 1 heterocycles. The SMILES string of the molecule is Cc1nn(-c2ccccc2)c(C)c1NC(=O)Nc1cccc(OC(F)F)c1. The topological polar surface area (TPSA) is 68.2 Å². The fourth-order valence-corrected chi connectivity index (χ4v) is 2.67. The van der Waals surface area contributed by atoms with Crippen molar-refractivity contribution in [3.8, 4) is 11.4 Å². The van der Waals surface area contributed by atoms with Crippen LogP contribution in [-0.2, 0) is 0 Å². The zero-order valence-electron chi connectivity index (χ0n) is 14.7. The van der Waals surface area contributed by atoms with Gasteiger partial charge in [-0.2, -0.15) is 13.9 Å². The highest BCUT2D eigenvalue weighted by Gasteiger charge is 2.15. The summed E-state index contributed by atoms with van der Waals surface area (Å²) in [5.74, 6) is -0.0351. The number of urea groups is 1. The van der Waals surface area contributed by atoms with Crippen LogP contribution < -0.4 is 15.4 Å². The van der Waals surface area contributed by atoms with Gasteiger partial charge < -0.3 is 15.4 Å². The molecule has 0 atom stereocenters. The molecule has 27 heavy (non-hydrogen) atoms. The van der Waals surface area contributed by atoms with E-state index in [-0.39, 0.29) is 5.75 Å². The van der Waals surface area contributed by atoms with Crippen LogP contribution in [0, 0.1) is 13.8 Å². The molecule has 0 radical (unpaired) electrons. The van der Waals surface area contributed by atoms with Crippen molar-refractivity contribution in [3.63, 3.8) is 0 Å². The molecule has 2 N–H and O–H groups in total. The third-order valence-electron chi connectivity index (χ3n) is 3.85. The number of hydrogen-bond acceptors (Lipinski definition) is 3. The van der Waals surface area contributed by atoms with Gasteiger partial charge in [-0.15, -0.1) is 0 Å². The normalized spacial score (nSPS) is 10.7. The largest absolute Gasteiger partial charge is 0.435 e. The van der Waals surface area contributed by atoms with E-state index < -0.39 is 12.6 Å². The summed E-state index contributed by atoms with van der Waals surface area (Å²) < 4.78 is 30.7. The minimum atomic E-state index is -2.93. The number of nitrogens with zero attached hydrogens (tertiary/aromatic N) is 2. The molecule has 0 bridgehead atoms. The van der Waals surface area contributed by atoms with Crippen LogP contribution in [0.1, 0.15) is 11.4 Å². The molecule has 0 unspecified atom stereocenters. The number of aromatic nitrogens is 2. The van der Waals surface area contributed by atoms with E-state index in [1.807, 2.05) is 37.3 Å². The lowest BCUT2D eigenvalue weighted by Gasteiger charge is -2.10. The quantitative estimate of drug-likeness (QED) is 0.680. The van der Waals surface area contributed by atoms with E-state index in [4.69, 9.17) is 0 Å². The van der Waals surface area contributed by atoms with Crippen LogP contribution in [-0.4, -0.2) is 22.4 Å². The fourth-order valence-electron chi connectivity index (χ4n) is 2.67. The van der Waals surface area contributed by atoms with Crippen LogP contribution in [0.15, 0.2) is 54.6 Å². The monoisotopic (exact) mass is 372 g/mol. The molecule has 3 rings (SSSR count). The summed E-state index contributed by atoms with van der Waals surface area (Å²) in [6.07, 6.45) is 0. The smallest absolute Gasteiger partial charge is 0.387 e. The molecule has 1 aromatic heterocycles. The number of carbonyl (C=O) groups excluding carboxylic acids is 1. The molecule has 0 aliphatic rings. The maximum Gasteiger partial charge on any atom is 0.387 e. The molecule has 0 saturated heterocycles. The molecule has 0 aliphatic carbocycles. The van der Waals surface area contributed by atoms with Gasteiger partial charge in [0, 0.05) is 11.8 Å². The number of rotatable bonds is 5. The molecule has 8 heteroatoms. The molecule has 2 aromatic carbocycles. The highest BCUT2D eigenvalue weighted by Crippen LogP contribution is 2.24. The Balaban J connectivity index is 1.74. The molecule has 140 valence electrons. The van der Waals surface area contributed by atoms with Crippen molar-refractivity contribution in [1.29, 1.82) is 0 Å². The number of hydrogen-bond donors (Lipinski definition) is 2. The summed E-state index contributed by atoms with van der Waals surface area (Å²) in [4.78, 5) is 12.3. The van der Waals surface area contributed by atoms with Gasteiger partial charge in [-0.05, 0) is 38.1 Å². The Hall–Kier alpha value is -3.42. The Labute approximate surface area is 154 Å². The van der Waals surface area contributed by atoms with Crippen molar-refractivity contribution in [2.24, 2.45) is 0 Å². The summed E-state index contributed by atoms with van der Waals surface area (Å²) >= 11 is 0. The summed E-state index contributed by atoms with van der Waals surface area (Å²) in [6, 6.07) is 14.8. The fraction of sp³-hybridized carbons (Fsp3) is 0.158. The van der Waals surface area contributed by atoms with Gasteiger partial charge in [0.2, 0.25) is 0 Å². The third-order valence-corrected chi connectivity index (χ3v) is 3.85. The van der Waals surface area contributed by atoms with Crippen LogP contribution in [0.25, 0.3) is 5.69 Å². The van der Waals surface area contributed by atoms with Crippen molar-refractivity contribution < 1.29 is 18.3 Å². The molecule has 0 saturated carbocycles. The number of alkyl halides is 2. The summed E-state index contributed by atoms with van der Waals surface area (Å²) in [6.45, 7) is 0.710. The Kier molecular flexibility index (Phi) is 5.35. The van der Waals surface area contributed by atoms with Gasteiger partial charge >= 0.3 is 12.6 Å². The predicted octanol–water partition coefficient (Wildman–Crippen LogP) is 4.73. The van der Waals surface area contributed by atoms with Crippen molar-refractivity contribution >= 4 is 17.4 Å². The number of nitrogens with one attached hydrogen (secondary N) is 2. The number of halogens is 2. The minimum absolute atomic E-state index is 0.0351. The Morgan fingerprint density at radius 3 is 2.52 bits per heavy atom. The molecule has 0 aliphatic heterocycles. The molecule has 2 amide bonds. The lowest BCUT2D eigenvalue weighted by Crippen LogP contribution is -2.20. The second-order valence-electron chi connectivity index (χ2n) is 5.78. The Morgan fingerprint density at radius 2 is 1.81 bits per heavy atom. The van der Waals surface area contributed by atoms with Gasteiger partial charge in [0.1, 0.15) is 5.75 Å². The first-order chi connectivity index (χ1) is 12.9. The first-order valence-corrected chi connectivity index (χ1v) is 8.18. The lowest BCUT2D eigenvalue weighted by molar-refractivity contribution is -0.0497. The van der Waals surface area contributed by atoms with Crippen molar-refractivity contribution in [1.82, 2.24) is 9.78 Å². The maximum absolute atomic E-state index is 12.3. The van der Waals surface area contributed by atoms with Crippen LogP contribution >= 0.6 is 0 Å². The first kappa shape index (κ1) is 18.4. The first-order valence-electron chi connectivity index (χ1n) is 8.18. The summed E-state index contributed by atoms with van der Waals surface area (Å²) in [7, 11) is 0. The zero-order chi connectivity index (χ0) is 19.4. The molecule has 0 fully saturated rings.